The molecule has 0 bridgehead atoms. The van der Waals surface area contributed by atoms with E-state index in [1.807, 2.05) is 13.0 Å². The van der Waals surface area contributed by atoms with Crippen LogP contribution in [0.25, 0.3) is 0 Å². The molecular weight excluding hydrogens is 538 g/mol. The van der Waals surface area contributed by atoms with Gasteiger partial charge in [0.15, 0.2) is 12.4 Å². The predicted octanol–water partition coefficient (Wildman–Crippen LogP) is 4.15. The van der Waals surface area contributed by atoms with Gasteiger partial charge >= 0.3 is 11.9 Å². The Balaban J connectivity index is 1.09. The zero-order chi connectivity index (χ0) is 30.3. The van der Waals surface area contributed by atoms with Crippen molar-refractivity contribution in [1.82, 2.24) is 5.32 Å². The molecule has 232 valence electrons. The standard InChI is InChI=1S/C33H47NO8/c1-31-14-11-23(35)17-22(31)7-8-24-25(31)12-15-32(2)26(24)13-16-33(32,41)27(36)19-42-29(38)10-9-28(37)34-18-20-3-5-21(6-4-20)30(39)40/h17,20-21,24-26,41H,3-16,18-19H2,1-2H3,(H,34,37)(H,39,40)/t20?,21?,24-,25+,26+,31+,32+,33+/m1/s1. The number of aliphatic hydroxyl groups is 1. The molecule has 0 spiro atoms. The molecule has 9 heteroatoms. The first kappa shape index (κ1) is 30.9. The van der Waals surface area contributed by atoms with Crippen LogP contribution in [0.15, 0.2) is 11.6 Å². The van der Waals surface area contributed by atoms with Crippen LogP contribution < -0.4 is 5.32 Å². The van der Waals surface area contributed by atoms with E-state index in [1.54, 1.807) is 0 Å². The van der Waals surface area contributed by atoms with E-state index in [0.29, 0.717) is 44.1 Å². The maximum Gasteiger partial charge on any atom is 0.306 e. The van der Waals surface area contributed by atoms with Gasteiger partial charge in [-0.25, -0.2) is 0 Å². The summed E-state index contributed by atoms with van der Waals surface area (Å²) in [4.78, 5) is 61.3. The molecule has 4 saturated carbocycles. The van der Waals surface area contributed by atoms with E-state index in [-0.39, 0.29) is 47.7 Å². The first-order chi connectivity index (χ1) is 19.9. The third-order valence-electron chi connectivity index (χ3n) is 12.3. The molecule has 0 aliphatic heterocycles. The Kier molecular flexibility index (Phi) is 8.72. The number of hydrogen-bond donors (Lipinski definition) is 3. The fourth-order valence-electron chi connectivity index (χ4n) is 9.55. The van der Waals surface area contributed by atoms with Crippen LogP contribution in [0.5, 0.6) is 0 Å². The minimum atomic E-state index is -1.54. The summed E-state index contributed by atoms with van der Waals surface area (Å²) < 4.78 is 5.27. The monoisotopic (exact) mass is 585 g/mol. The van der Waals surface area contributed by atoms with Crippen LogP contribution in [0.4, 0.5) is 0 Å². The summed E-state index contributed by atoms with van der Waals surface area (Å²) in [5.74, 6) is -0.903. The number of fused-ring (bicyclic) bond motifs is 5. The van der Waals surface area contributed by atoms with Gasteiger partial charge in [-0.05, 0) is 106 Å². The molecule has 0 unspecified atom stereocenters. The lowest BCUT2D eigenvalue weighted by molar-refractivity contribution is -0.170. The molecule has 0 aromatic heterocycles. The summed E-state index contributed by atoms with van der Waals surface area (Å²) in [5, 5.41) is 23.8. The van der Waals surface area contributed by atoms with Gasteiger partial charge in [0.05, 0.1) is 12.3 Å². The van der Waals surface area contributed by atoms with Crippen LogP contribution in [0.3, 0.4) is 0 Å². The molecule has 42 heavy (non-hydrogen) atoms. The topological polar surface area (TPSA) is 147 Å². The summed E-state index contributed by atoms with van der Waals surface area (Å²) >= 11 is 0. The van der Waals surface area contributed by atoms with E-state index in [2.05, 4.69) is 12.2 Å². The number of amides is 1. The minimum Gasteiger partial charge on any atom is -0.481 e. The largest absolute Gasteiger partial charge is 0.481 e. The number of carboxylic acid groups (broad SMARTS) is 1. The molecule has 5 rings (SSSR count). The highest BCUT2D eigenvalue weighted by Crippen LogP contribution is 2.67. The number of Topliss-reactive ketones (excluding diaryl/α,β-unsaturated/α-hetero) is 1. The number of allylic oxidation sites excluding steroid dienone is 1. The second-order valence-electron chi connectivity index (χ2n) is 14.3. The van der Waals surface area contributed by atoms with Crippen LogP contribution in [0, 0.1) is 40.4 Å². The van der Waals surface area contributed by atoms with Gasteiger partial charge in [-0.3, -0.25) is 24.0 Å². The normalized spacial score (nSPS) is 39.3. The van der Waals surface area contributed by atoms with E-state index < -0.39 is 35.3 Å². The number of ketones is 2. The zero-order valence-corrected chi connectivity index (χ0v) is 25.1. The van der Waals surface area contributed by atoms with Crippen molar-refractivity contribution < 1.29 is 38.9 Å². The highest BCUT2D eigenvalue weighted by atomic mass is 16.5. The van der Waals surface area contributed by atoms with E-state index in [0.717, 1.165) is 51.4 Å². The van der Waals surface area contributed by atoms with Crippen LogP contribution in [-0.2, 0) is 28.7 Å². The van der Waals surface area contributed by atoms with Gasteiger partial charge in [-0.1, -0.05) is 19.4 Å². The fourth-order valence-corrected chi connectivity index (χ4v) is 9.55. The van der Waals surface area contributed by atoms with Crippen molar-refractivity contribution in [2.75, 3.05) is 13.2 Å². The molecule has 0 saturated heterocycles. The molecule has 0 heterocycles. The fraction of sp³-hybridized carbons (Fsp3) is 0.788. The quantitative estimate of drug-likeness (QED) is 0.342. The second kappa shape index (κ2) is 11.9. The Bertz CT molecular complexity index is 1150. The average molecular weight is 586 g/mol. The van der Waals surface area contributed by atoms with Crippen LogP contribution in [-0.4, -0.2) is 58.4 Å². The third-order valence-corrected chi connectivity index (χ3v) is 12.3. The number of aliphatic carboxylic acids is 1. The summed E-state index contributed by atoms with van der Waals surface area (Å²) in [5.41, 5.74) is -0.816. The van der Waals surface area contributed by atoms with E-state index in [4.69, 9.17) is 9.84 Å². The number of hydrogen-bond acceptors (Lipinski definition) is 7. The highest BCUT2D eigenvalue weighted by molar-refractivity contribution is 5.92. The van der Waals surface area contributed by atoms with E-state index in [9.17, 15) is 29.1 Å². The van der Waals surface area contributed by atoms with Gasteiger partial charge in [-0.2, -0.15) is 0 Å². The van der Waals surface area contributed by atoms with Crippen molar-refractivity contribution in [3.8, 4) is 0 Å². The molecule has 0 aromatic carbocycles. The third kappa shape index (κ3) is 5.58. The lowest BCUT2D eigenvalue weighted by atomic mass is 9.46. The number of esters is 1. The van der Waals surface area contributed by atoms with Crippen LogP contribution in [0.2, 0.25) is 0 Å². The minimum absolute atomic E-state index is 0.0184. The Morgan fingerprint density at radius 2 is 1.64 bits per heavy atom. The molecule has 1 amide bonds. The molecule has 3 N–H and O–H groups in total. The molecule has 0 aromatic rings. The van der Waals surface area contributed by atoms with Crippen molar-refractivity contribution in [2.24, 2.45) is 40.4 Å². The molecule has 6 atom stereocenters. The van der Waals surface area contributed by atoms with Gasteiger partial charge in [0.2, 0.25) is 11.7 Å². The number of ether oxygens (including phenoxy) is 1. The Morgan fingerprint density at radius 1 is 0.929 bits per heavy atom. The Morgan fingerprint density at radius 3 is 2.36 bits per heavy atom. The van der Waals surface area contributed by atoms with Gasteiger partial charge in [0.25, 0.3) is 0 Å². The van der Waals surface area contributed by atoms with Crippen molar-refractivity contribution in [2.45, 2.75) is 109 Å². The van der Waals surface area contributed by atoms with E-state index >= 15 is 0 Å². The molecule has 0 radical (unpaired) electrons. The van der Waals surface area contributed by atoms with E-state index in [1.165, 1.54) is 5.57 Å². The smallest absolute Gasteiger partial charge is 0.306 e. The van der Waals surface area contributed by atoms with Gasteiger partial charge in [0, 0.05) is 24.8 Å². The lowest BCUT2D eigenvalue weighted by Crippen LogP contribution is -2.58. The summed E-state index contributed by atoms with van der Waals surface area (Å²) in [6, 6.07) is 0. The van der Waals surface area contributed by atoms with Gasteiger partial charge in [0.1, 0.15) is 5.60 Å². The maximum atomic E-state index is 13.4. The summed E-state index contributed by atoms with van der Waals surface area (Å²) in [6.07, 6.45) is 10.5. The van der Waals surface area contributed by atoms with Crippen molar-refractivity contribution in [3.05, 3.63) is 11.6 Å². The van der Waals surface area contributed by atoms with Crippen molar-refractivity contribution in [1.29, 1.82) is 0 Å². The zero-order valence-electron chi connectivity index (χ0n) is 25.1. The number of carbonyl (C=O) groups excluding carboxylic acids is 4. The summed E-state index contributed by atoms with van der Waals surface area (Å²) in [6.45, 7) is 4.31. The van der Waals surface area contributed by atoms with Gasteiger partial charge in [-0.15, -0.1) is 0 Å². The molecule has 9 nitrogen and oxygen atoms in total. The predicted molar refractivity (Wildman–Crippen MR) is 153 cm³/mol. The van der Waals surface area contributed by atoms with Crippen molar-refractivity contribution in [3.63, 3.8) is 0 Å². The lowest BCUT2D eigenvalue weighted by Gasteiger charge is -2.58. The molecule has 5 aliphatic rings. The molecule has 4 fully saturated rings. The van der Waals surface area contributed by atoms with Crippen molar-refractivity contribution >= 4 is 29.4 Å². The maximum absolute atomic E-state index is 13.4. The van der Waals surface area contributed by atoms with Gasteiger partial charge < -0.3 is 20.3 Å². The number of carboxylic acids is 1. The Labute approximate surface area is 248 Å². The summed E-state index contributed by atoms with van der Waals surface area (Å²) in [7, 11) is 0. The SMILES string of the molecule is C[C@]12CCC(=O)C=C1CC[C@@H]1[C@@H]2CC[C@@]2(C)[C@H]1CC[C@]2(O)C(=O)COC(=O)CCC(=O)NCC1CCC(C(=O)O)CC1. The van der Waals surface area contributed by atoms with Crippen LogP contribution in [0.1, 0.15) is 104 Å². The number of nitrogens with one attached hydrogen (secondary N) is 1. The average Bonchev–Trinajstić information content (AvgIpc) is 3.25. The molecular formula is C33H47NO8. The first-order valence-corrected chi connectivity index (χ1v) is 16.0. The number of carbonyl (C=O) groups is 5. The first-order valence-electron chi connectivity index (χ1n) is 16.0. The number of rotatable bonds is 9. The second-order valence-corrected chi connectivity index (χ2v) is 14.3. The highest BCUT2D eigenvalue weighted by Gasteiger charge is 2.66. The Hall–Kier alpha value is -2.55. The van der Waals surface area contributed by atoms with Crippen LogP contribution >= 0.6 is 0 Å². The molecule has 5 aliphatic carbocycles.